The van der Waals surface area contributed by atoms with E-state index in [1.54, 1.807) is 19.5 Å². The van der Waals surface area contributed by atoms with Crippen molar-refractivity contribution in [2.45, 2.75) is 32.3 Å². The number of anilines is 2. The van der Waals surface area contributed by atoms with Gasteiger partial charge < -0.3 is 24.0 Å². The molecule has 182 valence electrons. The summed E-state index contributed by atoms with van der Waals surface area (Å²) >= 11 is 0. The van der Waals surface area contributed by atoms with Gasteiger partial charge in [0.25, 0.3) is 0 Å². The van der Waals surface area contributed by atoms with E-state index in [-0.39, 0.29) is 17.9 Å². The average Bonchev–Trinajstić information content (AvgIpc) is 3.32. The van der Waals surface area contributed by atoms with E-state index in [0.717, 1.165) is 36.2 Å². The highest BCUT2D eigenvalue weighted by Crippen LogP contribution is 2.39. The van der Waals surface area contributed by atoms with E-state index >= 15 is 0 Å². The molecule has 5 rings (SSSR count). The lowest BCUT2D eigenvalue weighted by Crippen LogP contribution is -2.38. The van der Waals surface area contributed by atoms with Gasteiger partial charge in [-0.05, 0) is 25.8 Å². The van der Waals surface area contributed by atoms with Crippen molar-refractivity contribution in [3.05, 3.63) is 30.1 Å². The normalized spacial score (nSPS) is 24.4. The fourth-order valence-electron chi connectivity index (χ4n) is 4.84. The molecule has 9 nitrogen and oxygen atoms in total. The van der Waals surface area contributed by atoms with Gasteiger partial charge in [-0.25, -0.2) is 9.97 Å². The monoisotopic (exact) mass is 486 g/mol. The topological polar surface area (TPSA) is 94.1 Å². The molecule has 34 heavy (non-hydrogen) atoms. The van der Waals surface area contributed by atoms with E-state index in [2.05, 4.69) is 14.9 Å². The first kappa shape index (κ1) is 22.9. The zero-order valence-corrected chi connectivity index (χ0v) is 20.4. The minimum atomic E-state index is -0.762. The summed E-state index contributed by atoms with van der Waals surface area (Å²) in [5.74, 6) is 3.24. The predicted octanol–water partition coefficient (Wildman–Crippen LogP) is 2.46. The zero-order chi connectivity index (χ0) is 23.7. The number of carbonyl (C=O) groups is 1. The van der Waals surface area contributed by atoms with Gasteiger partial charge in [0.15, 0.2) is 5.75 Å². The molecule has 3 aliphatic heterocycles. The van der Waals surface area contributed by atoms with Crippen molar-refractivity contribution in [2.75, 3.05) is 49.8 Å². The van der Waals surface area contributed by atoms with Crippen LogP contribution in [0, 0.1) is 12.8 Å². The van der Waals surface area contributed by atoms with Crippen LogP contribution in [0.4, 0.5) is 11.4 Å². The summed E-state index contributed by atoms with van der Waals surface area (Å²) in [6.45, 7) is 4.44. The number of ether oxygens (including phenoxy) is 3. The smallest absolute Gasteiger partial charge is 0.225 e. The summed E-state index contributed by atoms with van der Waals surface area (Å²) in [6, 6.07) is 3.94. The molecule has 1 atom stereocenters. The Kier molecular flexibility index (Phi) is 6.58. The number of hydrogen-bond acceptors (Lipinski definition) is 8. The maximum atomic E-state index is 12.9. The first-order valence-corrected chi connectivity index (χ1v) is 13.2. The van der Waals surface area contributed by atoms with Gasteiger partial charge in [-0.15, -0.1) is 0 Å². The molecular formula is C24H30N4O5S. The molecule has 0 saturated carbocycles. The van der Waals surface area contributed by atoms with Crippen LogP contribution in [-0.4, -0.2) is 75.9 Å². The van der Waals surface area contributed by atoms with Gasteiger partial charge in [-0.2, -0.15) is 0 Å². The van der Waals surface area contributed by atoms with Crippen molar-refractivity contribution < 1.29 is 23.2 Å². The summed E-state index contributed by atoms with van der Waals surface area (Å²) in [6.07, 6.45) is 5.59. The van der Waals surface area contributed by atoms with Crippen LogP contribution in [0.15, 0.2) is 24.5 Å². The number of methoxy groups -OCH3 is 1. The Hall–Kier alpha value is -2.88. The van der Waals surface area contributed by atoms with Crippen LogP contribution in [0.3, 0.4) is 0 Å². The van der Waals surface area contributed by atoms with Crippen molar-refractivity contribution in [3.8, 4) is 17.5 Å². The number of aryl methyl sites for hydroxylation is 1. The van der Waals surface area contributed by atoms with Crippen LogP contribution in [0.2, 0.25) is 0 Å². The molecule has 1 amide bonds. The largest absolute Gasteiger partial charge is 0.488 e. The fourth-order valence-corrected chi connectivity index (χ4v) is 6.14. The van der Waals surface area contributed by atoms with Crippen molar-refractivity contribution in [2.24, 2.45) is 5.92 Å². The maximum absolute atomic E-state index is 12.9. The van der Waals surface area contributed by atoms with E-state index in [0.29, 0.717) is 55.3 Å². The van der Waals surface area contributed by atoms with Gasteiger partial charge in [0.1, 0.15) is 12.7 Å². The molecule has 0 unspecified atom stereocenters. The number of fused-ring (bicyclic) bond motifs is 1. The highest BCUT2D eigenvalue weighted by atomic mass is 32.2. The second kappa shape index (κ2) is 9.77. The summed E-state index contributed by atoms with van der Waals surface area (Å²) in [5.41, 5.74) is 2.79. The lowest BCUT2D eigenvalue weighted by molar-refractivity contribution is -0.135. The third-order valence-corrected chi connectivity index (χ3v) is 8.07. The Morgan fingerprint density at radius 1 is 1.15 bits per heavy atom. The van der Waals surface area contributed by atoms with Gasteiger partial charge in [0, 0.05) is 52.8 Å². The number of amides is 1. The van der Waals surface area contributed by atoms with Crippen LogP contribution in [0.5, 0.6) is 17.5 Å². The summed E-state index contributed by atoms with van der Waals surface area (Å²) < 4.78 is 28.9. The molecule has 2 aromatic heterocycles. The first-order chi connectivity index (χ1) is 16.5. The minimum absolute atomic E-state index is 0.00871. The van der Waals surface area contributed by atoms with E-state index < -0.39 is 10.8 Å². The Morgan fingerprint density at radius 3 is 2.74 bits per heavy atom. The summed E-state index contributed by atoms with van der Waals surface area (Å²) in [5, 5.41) is 0. The zero-order valence-electron chi connectivity index (χ0n) is 19.6. The van der Waals surface area contributed by atoms with Crippen LogP contribution in [-0.2, 0) is 15.6 Å². The number of rotatable bonds is 5. The molecular weight excluding hydrogens is 456 g/mol. The van der Waals surface area contributed by atoms with Crippen molar-refractivity contribution in [1.29, 1.82) is 0 Å². The van der Waals surface area contributed by atoms with E-state index in [4.69, 9.17) is 14.2 Å². The Morgan fingerprint density at radius 2 is 1.97 bits per heavy atom. The second-order valence-corrected chi connectivity index (χ2v) is 10.6. The lowest BCUT2D eigenvalue weighted by Gasteiger charge is -2.31. The molecule has 0 N–H and O–H groups in total. The lowest BCUT2D eigenvalue weighted by atomic mass is 10.0. The molecule has 0 radical (unpaired) electrons. The van der Waals surface area contributed by atoms with Gasteiger partial charge in [0.2, 0.25) is 17.7 Å². The average molecular weight is 487 g/mol. The molecule has 5 heterocycles. The molecule has 0 spiro atoms. The van der Waals surface area contributed by atoms with E-state index in [1.165, 1.54) is 0 Å². The summed E-state index contributed by atoms with van der Waals surface area (Å²) in [7, 11) is 0.852. The number of hydrogen-bond donors (Lipinski definition) is 0. The highest BCUT2D eigenvalue weighted by Gasteiger charge is 2.34. The number of aromatic nitrogens is 2. The SMILES string of the molecule is COc1ncc(N2CCOc3cnc(O[C@@H]4CCN(C(=O)C5CCS(=O)CC5)C4)cc32)cc1C. The van der Waals surface area contributed by atoms with Crippen LogP contribution >= 0.6 is 0 Å². The molecule has 0 aliphatic carbocycles. The van der Waals surface area contributed by atoms with Crippen LogP contribution < -0.4 is 19.1 Å². The number of carbonyl (C=O) groups excluding carboxylic acids is 1. The van der Waals surface area contributed by atoms with Crippen LogP contribution in [0.1, 0.15) is 24.8 Å². The third-order valence-electron chi connectivity index (χ3n) is 6.69. The predicted molar refractivity (Wildman–Crippen MR) is 128 cm³/mol. The van der Waals surface area contributed by atoms with Crippen molar-refractivity contribution >= 4 is 28.1 Å². The standard InChI is InChI=1S/C24H30N4O5S/c1-16-11-18(13-26-23(16)31-2)28-7-8-32-21-14-25-22(12-20(21)28)33-19-3-6-27(15-19)24(29)17-4-9-34(30)10-5-17/h11-14,17,19H,3-10,15H2,1-2H3/t17?,19-,34?/m1/s1. The van der Waals surface area contributed by atoms with Gasteiger partial charge >= 0.3 is 0 Å². The molecule has 0 aromatic carbocycles. The Bertz CT molecular complexity index is 1090. The molecule has 2 fully saturated rings. The molecule has 10 heteroatoms. The number of likely N-dealkylation sites (tertiary alicyclic amines) is 1. The maximum Gasteiger partial charge on any atom is 0.225 e. The number of nitrogens with zero attached hydrogens (tertiary/aromatic N) is 4. The van der Waals surface area contributed by atoms with E-state index in [1.807, 2.05) is 24.0 Å². The molecule has 3 aliphatic rings. The van der Waals surface area contributed by atoms with Crippen molar-refractivity contribution in [3.63, 3.8) is 0 Å². The number of pyridine rings is 2. The minimum Gasteiger partial charge on any atom is -0.488 e. The van der Waals surface area contributed by atoms with Gasteiger partial charge in [-0.3, -0.25) is 9.00 Å². The second-order valence-electron chi connectivity index (χ2n) is 8.95. The first-order valence-electron chi connectivity index (χ1n) is 11.7. The third kappa shape index (κ3) is 4.68. The Balaban J connectivity index is 1.27. The van der Waals surface area contributed by atoms with Crippen LogP contribution in [0.25, 0.3) is 0 Å². The highest BCUT2D eigenvalue weighted by molar-refractivity contribution is 7.85. The van der Waals surface area contributed by atoms with Gasteiger partial charge in [-0.1, -0.05) is 0 Å². The summed E-state index contributed by atoms with van der Waals surface area (Å²) in [4.78, 5) is 25.8. The van der Waals surface area contributed by atoms with Gasteiger partial charge in [0.05, 0.1) is 44.0 Å². The molecule has 2 aromatic rings. The fraction of sp³-hybridized carbons (Fsp3) is 0.542. The van der Waals surface area contributed by atoms with E-state index in [9.17, 15) is 9.00 Å². The van der Waals surface area contributed by atoms with Crippen molar-refractivity contribution in [1.82, 2.24) is 14.9 Å². The quantitative estimate of drug-likeness (QED) is 0.636. The Labute approximate surface area is 201 Å². The molecule has 0 bridgehead atoms. The molecule has 2 saturated heterocycles.